The first kappa shape index (κ1) is 19.6. The third kappa shape index (κ3) is 7.83. The molecule has 1 amide bonds. The number of carbonyl (C=O) groups is 2. The minimum atomic E-state index is -5.08. The van der Waals surface area contributed by atoms with Gasteiger partial charge >= 0.3 is 12.1 Å². The first-order chi connectivity index (χ1) is 9.59. The van der Waals surface area contributed by atoms with E-state index in [1.807, 2.05) is 0 Å². The van der Waals surface area contributed by atoms with Gasteiger partial charge in [0.15, 0.2) is 0 Å². The number of amides is 1. The number of alkyl halides is 3. The van der Waals surface area contributed by atoms with Gasteiger partial charge in [0.25, 0.3) is 0 Å². The number of halogens is 3. The summed E-state index contributed by atoms with van der Waals surface area (Å²) in [6, 6.07) is -0.131. The van der Waals surface area contributed by atoms with Gasteiger partial charge in [-0.25, -0.2) is 4.79 Å². The summed E-state index contributed by atoms with van der Waals surface area (Å²) < 4.78 is 37.1. The van der Waals surface area contributed by atoms with E-state index in [9.17, 15) is 18.0 Å². The summed E-state index contributed by atoms with van der Waals surface area (Å²) in [7, 11) is 3.48. The lowest BCUT2D eigenvalue weighted by atomic mass is 10.2. The zero-order chi connectivity index (χ0) is 16.6. The van der Waals surface area contributed by atoms with Gasteiger partial charge < -0.3 is 25.2 Å². The van der Waals surface area contributed by atoms with Crippen LogP contribution in [-0.4, -0.2) is 79.2 Å². The van der Waals surface area contributed by atoms with Crippen molar-refractivity contribution in [3.05, 3.63) is 0 Å². The molecule has 124 valence electrons. The third-order valence-electron chi connectivity index (χ3n) is 2.52. The van der Waals surface area contributed by atoms with Crippen LogP contribution in [0.1, 0.15) is 6.42 Å². The SMILES string of the molecule is CN(C)C(=O)[C@@H]1C[C@@H](OCCO)CN1.O=C(O)C(F)(F)F. The number of aliphatic hydroxyl groups excluding tert-OH is 1. The molecule has 1 rings (SSSR count). The predicted molar refractivity (Wildman–Crippen MR) is 65.6 cm³/mol. The lowest BCUT2D eigenvalue weighted by Crippen LogP contribution is -2.39. The minimum absolute atomic E-state index is 0.0305. The van der Waals surface area contributed by atoms with Gasteiger partial charge in [-0.2, -0.15) is 13.2 Å². The Labute approximate surface area is 119 Å². The van der Waals surface area contributed by atoms with Crippen LogP contribution in [0.25, 0.3) is 0 Å². The van der Waals surface area contributed by atoms with Gasteiger partial charge in [0.2, 0.25) is 5.91 Å². The number of aliphatic hydroxyl groups is 1. The van der Waals surface area contributed by atoms with Crippen molar-refractivity contribution < 1.29 is 37.7 Å². The molecule has 0 saturated carbocycles. The Morgan fingerprint density at radius 3 is 2.29 bits per heavy atom. The monoisotopic (exact) mass is 316 g/mol. The van der Waals surface area contributed by atoms with Crippen LogP contribution in [0.2, 0.25) is 0 Å². The fourth-order valence-corrected chi connectivity index (χ4v) is 1.55. The second-order valence-corrected chi connectivity index (χ2v) is 4.45. The van der Waals surface area contributed by atoms with Crippen molar-refractivity contribution in [1.29, 1.82) is 0 Å². The van der Waals surface area contributed by atoms with Crippen molar-refractivity contribution in [3.63, 3.8) is 0 Å². The zero-order valence-electron chi connectivity index (χ0n) is 11.7. The normalized spacial score (nSPS) is 21.4. The molecule has 0 spiro atoms. The number of likely N-dealkylation sites (N-methyl/N-ethyl adjacent to an activating group) is 1. The van der Waals surface area contributed by atoms with E-state index in [1.54, 1.807) is 19.0 Å². The van der Waals surface area contributed by atoms with E-state index in [4.69, 9.17) is 19.7 Å². The molecule has 10 heteroatoms. The largest absolute Gasteiger partial charge is 0.490 e. The Morgan fingerprint density at radius 1 is 1.38 bits per heavy atom. The molecule has 21 heavy (non-hydrogen) atoms. The molecular formula is C11H19F3N2O5. The Bertz CT molecular complexity index is 349. The topological polar surface area (TPSA) is 99.1 Å². The molecular weight excluding hydrogens is 297 g/mol. The summed E-state index contributed by atoms with van der Waals surface area (Å²) in [6.45, 7) is 1.06. The van der Waals surface area contributed by atoms with Crippen LogP contribution >= 0.6 is 0 Å². The van der Waals surface area contributed by atoms with Gasteiger partial charge in [0, 0.05) is 20.6 Å². The molecule has 1 heterocycles. The van der Waals surface area contributed by atoms with Crippen molar-refractivity contribution in [2.45, 2.75) is 24.7 Å². The average molecular weight is 316 g/mol. The molecule has 0 aromatic heterocycles. The number of nitrogens with zero attached hydrogens (tertiary/aromatic N) is 1. The maximum Gasteiger partial charge on any atom is 0.490 e. The van der Waals surface area contributed by atoms with Crippen molar-refractivity contribution in [2.24, 2.45) is 0 Å². The quantitative estimate of drug-likeness (QED) is 0.643. The van der Waals surface area contributed by atoms with Gasteiger partial charge in [-0.15, -0.1) is 0 Å². The summed E-state index contributed by atoms with van der Waals surface area (Å²) in [6.07, 6.45) is -4.34. The maximum absolute atomic E-state index is 11.5. The van der Waals surface area contributed by atoms with E-state index < -0.39 is 12.1 Å². The first-order valence-corrected chi connectivity index (χ1v) is 6.06. The number of carbonyl (C=O) groups excluding carboxylic acids is 1. The van der Waals surface area contributed by atoms with Gasteiger partial charge in [0.1, 0.15) is 0 Å². The molecule has 7 nitrogen and oxygen atoms in total. The van der Waals surface area contributed by atoms with Crippen LogP contribution in [0, 0.1) is 0 Å². The maximum atomic E-state index is 11.5. The summed E-state index contributed by atoms with van der Waals surface area (Å²) in [5.41, 5.74) is 0. The number of carboxylic acid groups (broad SMARTS) is 1. The molecule has 0 bridgehead atoms. The molecule has 1 aliphatic heterocycles. The van der Waals surface area contributed by atoms with Crippen LogP contribution in [0.5, 0.6) is 0 Å². The molecule has 0 aromatic rings. The van der Waals surface area contributed by atoms with Gasteiger partial charge in [-0.1, -0.05) is 0 Å². The third-order valence-corrected chi connectivity index (χ3v) is 2.52. The number of nitrogens with one attached hydrogen (secondary N) is 1. The van der Waals surface area contributed by atoms with Crippen LogP contribution in [0.4, 0.5) is 13.2 Å². The Hall–Kier alpha value is -1.39. The predicted octanol–water partition coefficient (Wildman–Crippen LogP) is -0.553. The van der Waals surface area contributed by atoms with E-state index >= 15 is 0 Å². The summed E-state index contributed by atoms with van der Waals surface area (Å²) in [4.78, 5) is 22.0. The second kappa shape index (κ2) is 8.80. The lowest BCUT2D eigenvalue weighted by molar-refractivity contribution is -0.192. The van der Waals surface area contributed by atoms with Crippen LogP contribution in [-0.2, 0) is 14.3 Å². The van der Waals surface area contributed by atoms with E-state index in [0.717, 1.165) is 0 Å². The summed E-state index contributed by atoms with van der Waals surface area (Å²) in [5, 5.41) is 18.8. The number of hydrogen-bond acceptors (Lipinski definition) is 5. The highest BCUT2D eigenvalue weighted by Gasteiger charge is 2.38. The highest BCUT2D eigenvalue weighted by atomic mass is 19.4. The molecule has 0 radical (unpaired) electrons. The van der Waals surface area contributed by atoms with E-state index in [0.29, 0.717) is 19.6 Å². The molecule has 0 unspecified atom stereocenters. The van der Waals surface area contributed by atoms with Gasteiger partial charge in [-0.05, 0) is 6.42 Å². The minimum Gasteiger partial charge on any atom is -0.475 e. The smallest absolute Gasteiger partial charge is 0.475 e. The first-order valence-electron chi connectivity index (χ1n) is 6.06. The fraction of sp³-hybridized carbons (Fsp3) is 0.818. The zero-order valence-corrected chi connectivity index (χ0v) is 11.7. The number of carboxylic acids is 1. The Kier molecular flexibility index (Phi) is 8.22. The fourth-order valence-electron chi connectivity index (χ4n) is 1.55. The molecule has 1 aliphatic rings. The molecule has 1 saturated heterocycles. The molecule has 3 N–H and O–H groups in total. The van der Waals surface area contributed by atoms with E-state index in [-0.39, 0.29) is 24.7 Å². The van der Waals surface area contributed by atoms with Crippen molar-refractivity contribution in [3.8, 4) is 0 Å². The van der Waals surface area contributed by atoms with Crippen LogP contribution in [0.3, 0.4) is 0 Å². The highest BCUT2D eigenvalue weighted by molar-refractivity contribution is 5.81. The molecule has 2 atom stereocenters. The van der Waals surface area contributed by atoms with Crippen LogP contribution < -0.4 is 5.32 Å². The Balaban J connectivity index is 0.000000486. The molecule has 1 fully saturated rings. The highest BCUT2D eigenvalue weighted by Crippen LogP contribution is 2.13. The number of aliphatic carboxylic acids is 1. The number of rotatable bonds is 4. The summed E-state index contributed by atoms with van der Waals surface area (Å²) in [5.74, 6) is -2.67. The number of ether oxygens (including phenoxy) is 1. The van der Waals surface area contributed by atoms with Crippen LogP contribution in [0.15, 0.2) is 0 Å². The lowest BCUT2D eigenvalue weighted by Gasteiger charge is -2.15. The van der Waals surface area contributed by atoms with Crippen molar-refractivity contribution in [2.75, 3.05) is 33.9 Å². The average Bonchev–Trinajstić information content (AvgIpc) is 2.83. The van der Waals surface area contributed by atoms with E-state index in [2.05, 4.69) is 5.32 Å². The summed E-state index contributed by atoms with van der Waals surface area (Å²) >= 11 is 0. The molecule has 0 aromatic carbocycles. The molecule has 0 aliphatic carbocycles. The van der Waals surface area contributed by atoms with Crippen molar-refractivity contribution in [1.82, 2.24) is 10.2 Å². The van der Waals surface area contributed by atoms with Gasteiger partial charge in [0.05, 0.1) is 25.4 Å². The van der Waals surface area contributed by atoms with Gasteiger partial charge in [-0.3, -0.25) is 4.79 Å². The number of hydrogen-bond donors (Lipinski definition) is 3. The standard InChI is InChI=1S/C9H18N2O3.C2HF3O2/c1-11(2)9(13)8-5-7(6-10-8)14-4-3-12;3-2(4,5)1(6)7/h7-8,10,12H,3-6H2,1-2H3;(H,6,7)/t7-,8+;/m1./s1. The van der Waals surface area contributed by atoms with Crippen molar-refractivity contribution >= 4 is 11.9 Å². The van der Waals surface area contributed by atoms with E-state index in [1.165, 1.54) is 0 Å². The second-order valence-electron chi connectivity index (χ2n) is 4.45. The Morgan fingerprint density at radius 2 is 1.90 bits per heavy atom.